The van der Waals surface area contributed by atoms with Crippen molar-refractivity contribution in [3.05, 3.63) is 59.5 Å². The van der Waals surface area contributed by atoms with Crippen LogP contribution in [0.2, 0.25) is 0 Å². The molecule has 1 heterocycles. The van der Waals surface area contributed by atoms with Gasteiger partial charge in [-0.3, -0.25) is 0 Å². The second-order valence-electron chi connectivity index (χ2n) is 4.86. The second kappa shape index (κ2) is 6.91. The first-order valence-electron chi connectivity index (χ1n) is 6.74. The minimum Gasteiger partial charge on any atom is -0.475 e. The van der Waals surface area contributed by atoms with Gasteiger partial charge in [-0.2, -0.15) is 0 Å². The van der Waals surface area contributed by atoms with Gasteiger partial charge in [-0.05, 0) is 30.5 Å². The zero-order valence-electron chi connectivity index (χ0n) is 11.5. The van der Waals surface area contributed by atoms with Crippen molar-refractivity contribution in [2.75, 3.05) is 6.54 Å². The summed E-state index contributed by atoms with van der Waals surface area (Å²) in [6.45, 7) is 3.54. The van der Waals surface area contributed by atoms with E-state index < -0.39 is 5.97 Å². The van der Waals surface area contributed by atoms with E-state index in [1.165, 1.54) is 11.8 Å². The summed E-state index contributed by atoms with van der Waals surface area (Å²) in [4.78, 5) is 10.9. The summed E-state index contributed by atoms with van der Waals surface area (Å²) >= 11 is 0. The van der Waals surface area contributed by atoms with Crippen molar-refractivity contribution in [2.45, 2.75) is 25.8 Å². The Morgan fingerprint density at radius 2 is 2.05 bits per heavy atom. The number of furan rings is 1. The topological polar surface area (TPSA) is 62.5 Å². The average molecular weight is 273 g/mol. The van der Waals surface area contributed by atoms with Gasteiger partial charge in [0.25, 0.3) is 0 Å². The maximum atomic E-state index is 10.9. The van der Waals surface area contributed by atoms with Crippen molar-refractivity contribution >= 4 is 5.97 Å². The molecule has 2 aromatic rings. The first-order chi connectivity index (χ1) is 9.68. The molecule has 4 heteroatoms. The Labute approximate surface area is 118 Å². The van der Waals surface area contributed by atoms with E-state index in [1.54, 1.807) is 6.07 Å². The van der Waals surface area contributed by atoms with E-state index in [-0.39, 0.29) is 5.76 Å². The zero-order valence-corrected chi connectivity index (χ0v) is 11.5. The van der Waals surface area contributed by atoms with Crippen LogP contribution in [0.25, 0.3) is 0 Å². The molecule has 20 heavy (non-hydrogen) atoms. The lowest BCUT2D eigenvalue weighted by Gasteiger charge is -2.12. The highest BCUT2D eigenvalue weighted by molar-refractivity contribution is 5.86. The molecule has 1 atom stereocenters. The summed E-state index contributed by atoms with van der Waals surface area (Å²) in [6.07, 6.45) is 2.41. The minimum absolute atomic E-state index is 0.0219. The Kier molecular flexibility index (Phi) is 4.96. The quantitative estimate of drug-likeness (QED) is 0.760. The number of carboxylic acid groups (broad SMARTS) is 1. The summed E-state index contributed by atoms with van der Waals surface area (Å²) < 4.78 is 4.93. The van der Waals surface area contributed by atoms with Gasteiger partial charge in [-0.15, -0.1) is 0 Å². The molecule has 1 aromatic carbocycles. The van der Waals surface area contributed by atoms with Gasteiger partial charge >= 0.3 is 5.97 Å². The maximum Gasteiger partial charge on any atom is 0.372 e. The Bertz CT molecular complexity index is 548. The standard InChI is InChI=1S/C16H19NO3/c1-12(13-5-3-2-4-6-13)7-9-17-11-14-8-10-20-15(14)16(18)19/h2-6,8,10,12,17H,7,9,11H2,1H3,(H,18,19). The van der Waals surface area contributed by atoms with Crippen molar-refractivity contribution in [1.82, 2.24) is 5.32 Å². The zero-order chi connectivity index (χ0) is 14.4. The number of rotatable bonds is 7. The number of hydrogen-bond donors (Lipinski definition) is 2. The lowest BCUT2D eigenvalue weighted by molar-refractivity contribution is 0.0660. The first kappa shape index (κ1) is 14.3. The third kappa shape index (κ3) is 3.71. The highest BCUT2D eigenvalue weighted by Crippen LogP contribution is 2.17. The van der Waals surface area contributed by atoms with Crippen LogP contribution in [0, 0.1) is 0 Å². The van der Waals surface area contributed by atoms with Crippen LogP contribution in [0.15, 0.2) is 47.1 Å². The normalized spacial score (nSPS) is 12.2. The first-order valence-corrected chi connectivity index (χ1v) is 6.74. The Morgan fingerprint density at radius 1 is 1.30 bits per heavy atom. The Hall–Kier alpha value is -2.07. The van der Waals surface area contributed by atoms with Crippen LogP contribution in [0.3, 0.4) is 0 Å². The number of carbonyl (C=O) groups is 1. The maximum absolute atomic E-state index is 10.9. The molecule has 0 aliphatic rings. The van der Waals surface area contributed by atoms with Crippen LogP contribution < -0.4 is 5.32 Å². The van der Waals surface area contributed by atoms with Gasteiger partial charge in [-0.1, -0.05) is 37.3 Å². The van der Waals surface area contributed by atoms with Gasteiger partial charge in [0.05, 0.1) is 6.26 Å². The summed E-state index contributed by atoms with van der Waals surface area (Å²) in [5.41, 5.74) is 2.01. The molecule has 1 unspecified atom stereocenters. The largest absolute Gasteiger partial charge is 0.475 e. The van der Waals surface area contributed by atoms with Gasteiger partial charge in [0.15, 0.2) is 0 Å². The van der Waals surface area contributed by atoms with Crippen LogP contribution in [0.1, 0.15) is 40.9 Å². The highest BCUT2D eigenvalue weighted by atomic mass is 16.4. The van der Waals surface area contributed by atoms with E-state index in [0.29, 0.717) is 18.0 Å². The van der Waals surface area contributed by atoms with E-state index in [4.69, 9.17) is 9.52 Å². The summed E-state index contributed by atoms with van der Waals surface area (Å²) in [6, 6.07) is 12.1. The lowest BCUT2D eigenvalue weighted by Crippen LogP contribution is -2.17. The smallest absolute Gasteiger partial charge is 0.372 e. The van der Waals surface area contributed by atoms with Gasteiger partial charge in [0, 0.05) is 12.1 Å². The molecule has 0 aliphatic carbocycles. The monoisotopic (exact) mass is 273 g/mol. The summed E-state index contributed by atoms with van der Waals surface area (Å²) in [5.74, 6) is -0.523. The molecule has 0 spiro atoms. The SMILES string of the molecule is CC(CCNCc1ccoc1C(=O)O)c1ccccc1. The van der Waals surface area contributed by atoms with E-state index in [0.717, 1.165) is 13.0 Å². The molecule has 0 fully saturated rings. The minimum atomic E-state index is -1.02. The van der Waals surface area contributed by atoms with E-state index in [2.05, 4.69) is 24.4 Å². The van der Waals surface area contributed by atoms with Crippen molar-refractivity contribution in [3.8, 4) is 0 Å². The van der Waals surface area contributed by atoms with Crippen molar-refractivity contribution in [1.29, 1.82) is 0 Å². The molecule has 0 bridgehead atoms. The molecule has 0 amide bonds. The third-order valence-electron chi connectivity index (χ3n) is 3.38. The van der Waals surface area contributed by atoms with Crippen LogP contribution >= 0.6 is 0 Å². The fourth-order valence-corrected chi connectivity index (χ4v) is 2.15. The van der Waals surface area contributed by atoms with Crippen LogP contribution in [0.5, 0.6) is 0 Å². The lowest BCUT2D eigenvalue weighted by atomic mass is 9.98. The summed E-state index contributed by atoms with van der Waals surface area (Å²) in [5, 5.41) is 12.2. The number of carboxylic acids is 1. The molecule has 0 saturated heterocycles. The number of nitrogens with one attached hydrogen (secondary N) is 1. The van der Waals surface area contributed by atoms with E-state index >= 15 is 0 Å². The molecule has 0 saturated carbocycles. The average Bonchev–Trinajstić information content (AvgIpc) is 2.93. The third-order valence-corrected chi connectivity index (χ3v) is 3.38. The van der Waals surface area contributed by atoms with Crippen LogP contribution in [-0.4, -0.2) is 17.6 Å². The van der Waals surface area contributed by atoms with Gasteiger partial charge in [0.1, 0.15) is 0 Å². The molecule has 1 aromatic heterocycles. The Morgan fingerprint density at radius 3 is 2.75 bits per heavy atom. The van der Waals surface area contributed by atoms with E-state index in [1.807, 2.05) is 18.2 Å². The van der Waals surface area contributed by atoms with Crippen molar-refractivity contribution in [3.63, 3.8) is 0 Å². The fraction of sp³-hybridized carbons (Fsp3) is 0.312. The van der Waals surface area contributed by atoms with Crippen LogP contribution in [0.4, 0.5) is 0 Å². The molecule has 2 rings (SSSR count). The van der Waals surface area contributed by atoms with Crippen molar-refractivity contribution < 1.29 is 14.3 Å². The predicted molar refractivity (Wildman–Crippen MR) is 76.8 cm³/mol. The molecule has 0 radical (unpaired) electrons. The van der Waals surface area contributed by atoms with E-state index in [9.17, 15) is 4.79 Å². The molecule has 106 valence electrons. The highest BCUT2D eigenvalue weighted by Gasteiger charge is 2.13. The van der Waals surface area contributed by atoms with Crippen LogP contribution in [-0.2, 0) is 6.54 Å². The molecule has 2 N–H and O–H groups in total. The van der Waals surface area contributed by atoms with Gasteiger partial charge < -0.3 is 14.8 Å². The predicted octanol–water partition coefficient (Wildman–Crippen LogP) is 3.26. The number of hydrogen-bond acceptors (Lipinski definition) is 3. The molecule has 4 nitrogen and oxygen atoms in total. The van der Waals surface area contributed by atoms with Crippen molar-refractivity contribution in [2.24, 2.45) is 0 Å². The summed E-state index contributed by atoms with van der Waals surface area (Å²) in [7, 11) is 0. The second-order valence-corrected chi connectivity index (χ2v) is 4.86. The van der Waals surface area contributed by atoms with Gasteiger partial charge in [0.2, 0.25) is 5.76 Å². The molecular formula is C16H19NO3. The number of aromatic carboxylic acids is 1. The number of benzene rings is 1. The fourth-order valence-electron chi connectivity index (χ4n) is 2.15. The molecular weight excluding hydrogens is 254 g/mol. The Balaban J connectivity index is 1.77. The molecule has 0 aliphatic heterocycles. The van der Waals surface area contributed by atoms with Gasteiger partial charge in [-0.25, -0.2) is 4.79 Å².